The van der Waals surface area contributed by atoms with Gasteiger partial charge in [-0.25, -0.2) is 14.2 Å². The van der Waals surface area contributed by atoms with Crippen molar-refractivity contribution in [3.05, 3.63) is 44.0 Å². The van der Waals surface area contributed by atoms with E-state index in [1.807, 2.05) is 13.8 Å². The molecule has 5 nitrogen and oxygen atoms in total. The molecule has 0 aromatic carbocycles. The molecule has 0 saturated carbocycles. The molecule has 0 aliphatic heterocycles. The summed E-state index contributed by atoms with van der Waals surface area (Å²) >= 11 is 0. The Bertz CT molecular complexity index is 661. The van der Waals surface area contributed by atoms with Gasteiger partial charge in [0.25, 0.3) is 5.56 Å². The van der Waals surface area contributed by atoms with Gasteiger partial charge in [0.05, 0.1) is 5.69 Å². The number of rotatable bonds is 0. The van der Waals surface area contributed by atoms with Gasteiger partial charge in [0.1, 0.15) is 0 Å². The number of nitrogens with zero attached hydrogens (tertiary/aromatic N) is 3. The lowest BCUT2D eigenvalue weighted by molar-refractivity contribution is 0.901. The summed E-state index contributed by atoms with van der Waals surface area (Å²) in [5.41, 5.74) is -0.275. The molecule has 84 valence electrons. The van der Waals surface area contributed by atoms with E-state index < -0.39 is 11.2 Å². The third-order valence-electron chi connectivity index (χ3n) is 2.01. The lowest BCUT2D eigenvalue weighted by Gasteiger charge is -1.98. The maximum atomic E-state index is 11.4. The van der Waals surface area contributed by atoms with E-state index in [1.165, 1.54) is 12.3 Å². The molecule has 0 spiro atoms. The van der Waals surface area contributed by atoms with Gasteiger partial charge in [-0.1, -0.05) is 20.4 Å². The number of fused-ring (bicyclic) bond motifs is 1. The molecule has 2 aromatic heterocycles. The van der Waals surface area contributed by atoms with Gasteiger partial charge in [0.2, 0.25) is 0 Å². The van der Waals surface area contributed by atoms with Crippen molar-refractivity contribution in [1.29, 1.82) is 0 Å². The van der Waals surface area contributed by atoms with E-state index in [9.17, 15) is 9.59 Å². The summed E-state index contributed by atoms with van der Waals surface area (Å²) < 4.78 is 0.912. The average molecular weight is 219 g/mol. The van der Waals surface area contributed by atoms with Crippen molar-refractivity contribution >= 4 is 12.2 Å². The summed E-state index contributed by atoms with van der Waals surface area (Å²) in [6, 6.07) is 1.21. The Hall–Kier alpha value is -2.04. The lowest BCUT2D eigenvalue weighted by atomic mass is 10.3. The van der Waals surface area contributed by atoms with Crippen LogP contribution >= 0.6 is 0 Å². The molecule has 0 N–H and O–H groups in total. The van der Waals surface area contributed by atoms with Crippen LogP contribution in [0.3, 0.4) is 0 Å². The highest BCUT2D eigenvalue weighted by atomic mass is 16.2. The topological polar surface area (TPSA) is 64.3 Å². The van der Waals surface area contributed by atoms with E-state index in [0.717, 1.165) is 4.40 Å². The van der Waals surface area contributed by atoms with Crippen molar-refractivity contribution in [2.24, 2.45) is 0 Å². The Morgan fingerprint density at radius 1 is 1.31 bits per heavy atom. The molecule has 2 heterocycles. The van der Waals surface area contributed by atoms with Crippen LogP contribution < -0.4 is 16.5 Å². The standard InChI is InChI=1S/C9H7N3O2.C2H6/c1-5-6(2)11-9(14)12-7(13)3-4-10-8(5)12;1-2/h3-4H,1H2,2H3;1-2H3. The molecule has 0 amide bonds. The van der Waals surface area contributed by atoms with Gasteiger partial charge < -0.3 is 0 Å². The van der Waals surface area contributed by atoms with E-state index in [0.29, 0.717) is 10.9 Å². The number of aromatic nitrogens is 3. The van der Waals surface area contributed by atoms with Crippen molar-refractivity contribution in [1.82, 2.24) is 14.4 Å². The van der Waals surface area contributed by atoms with Gasteiger partial charge >= 0.3 is 5.69 Å². The minimum atomic E-state index is -0.608. The predicted octanol–water partition coefficient (Wildman–Crippen LogP) is -0.0865. The molecule has 2 aromatic rings. The Morgan fingerprint density at radius 2 is 1.94 bits per heavy atom. The molecule has 0 aliphatic rings. The van der Waals surface area contributed by atoms with E-state index in [4.69, 9.17) is 0 Å². The third-order valence-corrected chi connectivity index (χ3v) is 2.01. The Morgan fingerprint density at radius 3 is 2.56 bits per heavy atom. The van der Waals surface area contributed by atoms with Crippen molar-refractivity contribution in [2.75, 3.05) is 0 Å². The molecule has 2 rings (SSSR count). The quantitative estimate of drug-likeness (QED) is 0.621. The SMILES string of the molecule is C=c1c(C)nc(=O)n2c(=O)ccnc12.CC. The van der Waals surface area contributed by atoms with Gasteiger partial charge in [-0.05, 0) is 6.92 Å². The second-order valence-corrected chi connectivity index (χ2v) is 2.90. The second-order valence-electron chi connectivity index (χ2n) is 2.90. The average Bonchev–Trinajstić information content (AvgIpc) is 2.28. The van der Waals surface area contributed by atoms with Crippen LogP contribution in [0.5, 0.6) is 0 Å². The molecule has 16 heavy (non-hydrogen) atoms. The van der Waals surface area contributed by atoms with Crippen LogP contribution in [-0.2, 0) is 0 Å². The van der Waals surface area contributed by atoms with Crippen LogP contribution in [-0.4, -0.2) is 14.4 Å². The van der Waals surface area contributed by atoms with Crippen LogP contribution in [0.15, 0.2) is 21.9 Å². The summed E-state index contributed by atoms with van der Waals surface area (Å²) in [5.74, 6) is 0. The van der Waals surface area contributed by atoms with Gasteiger partial charge in [-0.3, -0.25) is 4.79 Å². The third kappa shape index (κ3) is 1.84. The smallest absolute Gasteiger partial charge is 0.269 e. The summed E-state index contributed by atoms with van der Waals surface area (Å²) in [4.78, 5) is 30.3. The molecule has 0 fully saturated rings. The van der Waals surface area contributed by atoms with Gasteiger partial charge in [0, 0.05) is 17.5 Å². The molecule has 0 atom stereocenters. The van der Waals surface area contributed by atoms with E-state index >= 15 is 0 Å². The van der Waals surface area contributed by atoms with E-state index in [-0.39, 0.29) is 5.65 Å². The lowest BCUT2D eigenvalue weighted by Crippen LogP contribution is -2.34. The molecule has 0 radical (unpaired) electrons. The molecule has 0 unspecified atom stereocenters. The number of hydrogen-bond donors (Lipinski definition) is 0. The van der Waals surface area contributed by atoms with Crippen LogP contribution in [0.1, 0.15) is 19.5 Å². The fraction of sp³-hybridized carbons (Fsp3) is 0.273. The fourth-order valence-electron chi connectivity index (χ4n) is 1.23. The molecule has 0 saturated heterocycles. The van der Waals surface area contributed by atoms with E-state index in [1.54, 1.807) is 6.92 Å². The summed E-state index contributed by atoms with van der Waals surface area (Å²) in [7, 11) is 0. The van der Waals surface area contributed by atoms with Gasteiger partial charge in [-0.2, -0.15) is 4.98 Å². The minimum Gasteiger partial charge on any atom is -0.269 e. The zero-order valence-electron chi connectivity index (χ0n) is 9.52. The highest BCUT2D eigenvalue weighted by molar-refractivity contribution is 5.41. The fourth-order valence-corrected chi connectivity index (χ4v) is 1.23. The summed E-state index contributed by atoms with van der Waals surface area (Å²) in [6.07, 6.45) is 1.35. The highest BCUT2D eigenvalue weighted by Crippen LogP contribution is 1.83. The number of hydrogen-bond acceptors (Lipinski definition) is 4. The molecule has 0 aliphatic carbocycles. The van der Waals surface area contributed by atoms with Crippen molar-refractivity contribution < 1.29 is 0 Å². The Balaban J connectivity index is 0.000000606. The summed E-state index contributed by atoms with van der Waals surface area (Å²) in [6.45, 7) is 9.36. The van der Waals surface area contributed by atoms with Crippen LogP contribution in [0.2, 0.25) is 0 Å². The largest absolute Gasteiger partial charge is 0.356 e. The van der Waals surface area contributed by atoms with Crippen LogP contribution in [0, 0.1) is 6.92 Å². The molecular formula is C11H13N3O2. The first-order valence-electron chi connectivity index (χ1n) is 4.98. The predicted molar refractivity (Wildman–Crippen MR) is 62.4 cm³/mol. The monoisotopic (exact) mass is 219 g/mol. The van der Waals surface area contributed by atoms with Crippen molar-refractivity contribution in [3.63, 3.8) is 0 Å². The van der Waals surface area contributed by atoms with Crippen molar-refractivity contribution in [2.45, 2.75) is 20.8 Å². The molecule has 0 bridgehead atoms. The Labute approximate surface area is 92.1 Å². The van der Waals surface area contributed by atoms with Gasteiger partial charge in [0.15, 0.2) is 5.65 Å². The summed E-state index contributed by atoms with van der Waals surface area (Å²) in [5, 5.41) is 0.502. The maximum Gasteiger partial charge on any atom is 0.356 e. The first-order chi connectivity index (χ1) is 7.61. The highest BCUT2D eigenvalue weighted by Gasteiger charge is 2.04. The second kappa shape index (κ2) is 4.65. The minimum absolute atomic E-state index is 0.273. The first-order valence-corrected chi connectivity index (χ1v) is 4.98. The normalized spacial score (nSPS) is 9.69. The molecular weight excluding hydrogens is 206 g/mol. The molecule has 5 heteroatoms. The van der Waals surface area contributed by atoms with E-state index in [2.05, 4.69) is 16.5 Å². The van der Waals surface area contributed by atoms with Gasteiger partial charge in [-0.15, -0.1) is 0 Å². The zero-order chi connectivity index (χ0) is 12.3. The first kappa shape index (κ1) is 12.0. The Kier molecular flexibility index (Phi) is 3.50. The van der Waals surface area contributed by atoms with Crippen LogP contribution in [0.25, 0.3) is 12.2 Å². The zero-order valence-corrected chi connectivity index (χ0v) is 9.52. The number of aryl methyl sites for hydroxylation is 1. The van der Waals surface area contributed by atoms with Crippen LogP contribution in [0.4, 0.5) is 0 Å². The van der Waals surface area contributed by atoms with Crippen molar-refractivity contribution in [3.8, 4) is 0 Å². The maximum absolute atomic E-state index is 11.4.